The Labute approximate surface area is 207 Å². The highest BCUT2D eigenvalue weighted by Crippen LogP contribution is 2.06. The summed E-state index contributed by atoms with van der Waals surface area (Å²) in [5.74, 6) is -3.72. The van der Waals surface area contributed by atoms with Crippen LogP contribution in [0.15, 0.2) is 86.0 Å². The molecule has 0 aliphatic heterocycles. The minimum Gasteiger partial charge on any atom is -0.478 e. The molecule has 0 radical (unpaired) electrons. The van der Waals surface area contributed by atoms with Crippen molar-refractivity contribution >= 4 is 30.0 Å². The van der Waals surface area contributed by atoms with Crippen LogP contribution in [0.5, 0.6) is 0 Å². The number of rotatable bonds is 9. The van der Waals surface area contributed by atoms with Gasteiger partial charge in [0.25, 0.3) is 0 Å². The summed E-state index contributed by atoms with van der Waals surface area (Å²) in [6.07, 6.45) is 6.45. The highest BCUT2D eigenvalue weighted by molar-refractivity contribution is 5.86. The van der Waals surface area contributed by atoms with Gasteiger partial charge in [-0.3, -0.25) is 0 Å². The quantitative estimate of drug-likeness (QED) is 0.240. The summed E-state index contributed by atoms with van der Waals surface area (Å²) < 4.78 is 0. The van der Waals surface area contributed by atoms with Crippen molar-refractivity contribution in [3.63, 3.8) is 0 Å². The number of hydrogen-bond donors (Lipinski definition) is 4. The largest absolute Gasteiger partial charge is 0.478 e. The first-order valence-electron chi connectivity index (χ1n) is 10.4. The van der Waals surface area contributed by atoms with Gasteiger partial charge in [0.15, 0.2) is 0 Å². The van der Waals surface area contributed by atoms with Crippen LogP contribution in [-0.4, -0.2) is 44.3 Å². The number of benzene rings is 1. The van der Waals surface area contributed by atoms with Crippen LogP contribution in [0, 0.1) is 0 Å². The molecule has 1 aromatic rings. The van der Waals surface area contributed by atoms with Gasteiger partial charge in [-0.1, -0.05) is 89.1 Å². The number of carbonyl (C=O) groups is 4. The predicted molar refractivity (Wildman–Crippen MR) is 140 cm³/mol. The maximum atomic E-state index is 10.2. The smallest absolute Gasteiger partial charge is 0.330 e. The minimum absolute atomic E-state index is 0.176. The summed E-state index contributed by atoms with van der Waals surface area (Å²) in [7, 11) is 0. The van der Waals surface area contributed by atoms with Crippen LogP contribution in [0.4, 0.5) is 0 Å². The van der Waals surface area contributed by atoms with Gasteiger partial charge in [0.2, 0.25) is 0 Å². The Bertz CT molecular complexity index is 788. The van der Waals surface area contributed by atoms with Gasteiger partial charge in [-0.05, 0) is 32.3 Å². The van der Waals surface area contributed by atoms with Gasteiger partial charge in [0.1, 0.15) is 0 Å². The molecule has 0 bridgehead atoms. The fourth-order valence-corrected chi connectivity index (χ4v) is 1.28. The maximum Gasteiger partial charge on any atom is 0.330 e. The average Bonchev–Trinajstić information content (AvgIpc) is 2.81. The van der Waals surface area contributed by atoms with Crippen LogP contribution in [0.25, 0.3) is 6.08 Å². The summed E-state index contributed by atoms with van der Waals surface area (Å²) in [5.41, 5.74) is 1.85. The standard InChI is InChI=1S/C8H14O2.C8H8.2C4H6O2.C3H4O2/c1-3-4-5-6-7(2)8(9)10;1-2-8-6-4-3-5-7-8;2*1-3(2)4(5)6;1-2-3(4)5/h2-6H2,1H3,(H,9,10);2-7H,1H2;2*1H2,2H3,(H,5,6);2H,1H2,(H,4,5). The SMILES string of the molecule is C=C(C)C(=O)O.C=C(C)C(=O)O.C=C(CCCCC)C(=O)O.C=CC(=O)O.C=Cc1ccccc1. The molecule has 0 fully saturated rings. The van der Waals surface area contributed by atoms with Crippen LogP contribution in [-0.2, 0) is 19.2 Å². The van der Waals surface area contributed by atoms with Crippen molar-refractivity contribution in [3.8, 4) is 0 Å². The summed E-state index contributed by atoms with van der Waals surface area (Å²) in [4.78, 5) is 38.6. The fourth-order valence-electron chi connectivity index (χ4n) is 1.28. The van der Waals surface area contributed by atoms with Crippen molar-refractivity contribution in [2.24, 2.45) is 0 Å². The van der Waals surface area contributed by atoms with Gasteiger partial charge in [-0.25, -0.2) is 19.2 Å². The van der Waals surface area contributed by atoms with Gasteiger partial charge in [-0.2, -0.15) is 0 Å². The molecule has 35 heavy (non-hydrogen) atoms. The molecular formula is C27H38O8. The van der Waals surface area contributed by atoms with Crippen LogP contribution in [0.3, 0.4) is 0 Å². The molecule has 0 amide bonds. The Kier molecular flexibility index (Phi) is 28.3. The third-order valence-electron chi connectivity index (χ3n) is 3.32. The molecule has 0 saturated heterocycles. The van der Waals surface area contributed by atoms with E-state index in [-0.39, 0.29) is 11.1 Å². The molecule has 0 unspecified atom stereocenters. The van der Waals surface area contributed by atoms with Gasteiger partial charge < -0.3 is 20.4 Å². The molecule has 4 N–H and O–H groups in total. The molecule has 8 nitrogen and oxygen atoms in total. The zero-order valence-electron chi connectivity index (χ0n) is 20.8. The molecule has 0 aliphatic carbocycles. The predicted octanol–water partition coefficient (Wildman–Crippen LogP) is 6.09. The highest BCUT2D eigenvalue weighted by atomic mass is 16.4. The minimum atomic E-state index is -0.981. The number of unbranched alkanes of at least 4 members (excludes halogenated alkanes) is 2. The van der Waals surface area contributed by atoms with Crippen molar-refractivity contribution in [2.75, 3.05) is 0 Å². The molecular weight excluding hydrogens is 452 g/mol. The first kappa shape index (κ1) is 38.1. The van der Waals surface area contributed by atoms with E-state index in [1.807, 2.05) is 36.4 Å². The van der Waals surface area contributed by atoms with Crippen LogP contribution < -0.4 is 0 Å². The number of carboxylic acids is 4. The molecule has 0 spiro atoms. The second-order valence-electron chi connectivity index (χ2n) is 6.69. The summed E-state index contributed by atoms with van der Waals surface area (Å²) in [6, 6.07) is 10.0. The van der Waals surface area contributed by atoms with Crippen molar-refractivity contribution in [1.82, 2.24) is 0 Å². The molecule has 0 atom stereocenters. The lowest BCUT2D eigenvalue weighted by Crippen LogP contribution is -1.98. The van der Waals surface area contributed by atoms with E-state index in [1.165, 1.54) is 19.4 Å². The monoisotopic (exact) mass is 490 g/mol. The summed E-state index contributed by atoms with van der Waals surface area (Å²) >= 11 is 0. The Balaban J connectivity index is -0.000000176. The van der Waals surface area contributed by atoms with Gasteiger partial charge in [0.05, 0.1) is 0 Å². The molecule has 0 aliphatic rings. The van der Waals surface area contributed by atoms with Crippen molar-refractivity contribution < 1.29 is 39.6 Å². The van der Waals surface area contributed by atoms with E-state index >= 15 is 0 Å². The van der Waals surface area contributed by atoms with Gasteiger partial charge in [-0.15, -0.1) is 0 Å². The van der Waals surface area contributed by atoms with E-state index in [2.05, 4.69) is 39.8 Å². The van der Waals surface area contributed by atoms with Crippen molar-refractivity contribution in [1.29, 1.82) is 0 Å². The van der Waals surface area contributed by atoms with Crippen LogP contribution >= 0.6 is 0 Å². The van der Waals surface area contributed by atoms with E-state index in [4.69, 9.17) is 20.4 Å². The molecule has 194 valence electrons. The lowest BCUT2D eigenvalue weighted by molar-refractivity contribution is -0.133. The van der Waals surface area contributed by atoms with Gasteiger partial charge >= 0.3 is 23.9 Å². The molecule has 0 aromatic heterocycles. The molecule has 0 heterocycles. The van der Waals surface area contributed by atoms with E-state index in [9.17, 15) is 19.2 Å². The average molecular weight is 491 g/mol. The molecule has 8 heteroatoms. The van der Waals surface area contributed by atoms with Gasteiger partial charge in [0, 0.05) is 22.8 Å². The van der Waals surface area contributed by atoms with Crippen LogP contribution in [0.2, 0.25) is 0 Å². The van der Waals surface area contributed by atoms with E-state index < -0.39 is 23.9 Å². The first-order valence-corrected chi connectivity index (χ1v) is 10.4. The third-order valence-corrected chi connectivity index (χ3v) is 3.32. The number of hydrogen-bond acceptors (Lipinski definition) is 4. The van der Waals surface area contributed by atoms with Crippen LogP contribution in [0.1, 0.15) is 52.0 Å². The Morgan fingerprint density at radius 2 is 1.14 bits per heavy atom. The summed E-state index contributed by atoms with van der Waals surface area (Å²) in [5, 5.41) is 31.8. The fraction of sp³-hybridized carbons (Fsp3) is 0.259. The maximum absolute atomic E-state index is 10.2. The Morgan fingerprint density at radius 3 is 1.34 bits per heavy atom. The summed E-state index contributed by atoms with van der Waals surface area (Å²) in [6.45, 7) is 21.3. The normalized spacial score (nSPS) is 8.09. The zero-order valence-corrected chi connectivity index (χ0v) is 20.8. The number of aliphatic carboxylic acids is 4. The Morgan fingerprint density at radius 1 is 0.771 bits per heavy atom. The second-order valence-corrected chi connectivity index (χ2v) is 6.69. The van der Waals surface area contributed by atoms with E-state index in [0.29, 0.717) is 12.0 Å². The second kappa shape index (κ2) is 26.1. The van der Waals surface area contributed by atoms with Crippen molar-refractivity contribution in [3.05, 3.63) is 91.6 Å². The molecule has 1 rings (SSSR count). The van der Waals surface area contributed by atoms with E-state index in [1.54, 1.807) is 0 Å². The molecule has 1 aromatic carbocycles. The topological polar surface area (TPSA) is 149 Å². The Hall–Kier alpha value is -4.20. The van der Waals surface area contributed by atoms with Crippen molar-refractivity contribution in [2.45, 2.75) is 46.5 Å². The van der Waals surface area contributed by atoms with E-state index in [0.717, 1.165) is 25.3 Å². The third kappa shape index (κ3) is 37.4. The lowest BCUT2D eigenvalue weighted by Gasteiger charge is -1.97. The highest BCUT2D eigenvalue weighted by Gasteiger charge is 2.01. The lowest BCUT2D eigenvalue weighted by atomic mass is 10.1. The first-order chi connectivity index (χ1) is 16.2. The zero-order chi connectivity index (χ0) is 28.4. The number of carboxylic acid groups (broad SMARTS) is 4. The molecule has 0 saturated carbocycles.